The van der Waals surface area contributed by atoms with Gasteiger partial charge in [0.1, 0.15) is 6.04 Å². The number of nitrogens with one attached hydrogen (secondary N) is 1. The van der Waals surface area contributed by atoms with Crippen LogP contribution < -0.4 is 4.72 Å². The molecule has 6 heteroatoms. The number of carboxylic acids is 1. The predicted octanol–water partition coefficient (Wildman–Crippen LogP) is -0.459. The molecule has 0 amide bonds. The highest BCUT2D eigenvalue weighted by molar-refractivity contribution is 7.90. The lowest BCUT2D eigenvalue weighted by atomic mass is 10.4. The molecule has 1 fully saturated rings. The molecule has 1 rings (SSSR count). The van der Waals surface area contributed by atoms with Gasteiger partial charge in [0, 0.05) is 0 Å². The van der Waals surface area contributed by atoms with E-state index in [2.05, 4.69) is 4.72 Å². The molecule has 70 valence electrons. The van der Waals surface area contributed by atoms with Gasteiger partial charge in [-0.25, -0.2) is 13.1 Å². The third kappa shape index (κ3) is 2.18. The van der Waals surface area contributed by atoms with E-state index in [0.29, 0.717) is 12.8 Å². The summed E-state index contributed by atoms with van der Waals surface area (Å²) in [4.78, 5) is 10.3. The van der Waals surface area contributed by atoms with Gasteiger partial charge in [-0.05, 0) is 19.8 Å². The molecule has 12 heavy (non-hydrogen) atoms. The first kappa shape index (κ1) is 9.47. The van der Waals surface area contributed by atoms with E-state index in [0.717, 1.165) is 0 Å². The standard InChI is InChI=1S/C6H11NO4S/c1-4(6(8)9)7-12(10,11)5-2-3-5/h4-5,7H,2-3H2,1H3,(H,8,9). The van der Waals surface area contributed by atoms with E-state index in [9.17, 15) is 13.2 Å². The third-order valence-electron chi connectivity index (χ3n) is 1.67. The third-order valence-corrected chi connectivity index (χ3v) is 3.71. The molecule has 0 aromatic rings. The fraction of sp³-hybridized carbons (Fsp3) is 0.833. The topological polar surface area (TPSA) is 83.5 Å². The highest BCUT2D eigenvalue weighted by Crippen LogP contribution is 2.27. The van der Waals surface area contributed by atoms with Crippen LogP contribution in [-0.2, 0) is 14.8 Å². The molecule has 1 saturated carbocycles. The number of carbonyl (C=O) groups is 1. The first-order valence-electron chi connectivity index (χ1n) is 3.67. The van der Waals surface area contributed by atoms with Crippen LogP contribution in [0.4, 0.5) is 0 Å². The van der Waals surface area contributed by atoms with E-state index in [1.54, 1.807) is 0 Å². The van der Waals surface area contributed by atoms with Gasteiger partial charge in [0.15, 0.2) is 0 Å². The number of aliphatic carboxylic acids is 1. The zero-order valence-corrected chi connectivity index (χ0v) is 7.47. The summed E-state index contributed by atoms with van der Waals surface area (Å²) in [5.41, 5.74) is 0. The van der Waals surface area contributed by atoms with Crippen molar-refractivity contribution >= 4 is 16.0 Å². The van der Waals surface area contributed by atoms with Crippen LogP contribution in [0.1, 0.15) is 19.8 Å². The molecule has 0 saturated heterocycles. The molecule has 5 nitrogen and oxygen atoms in total. The van der Waals surface area contributed by atoms with Gasteiger partial charge < -0.3 is 5.11 Å². The van der Waals surface area contributed by atoms with Crippen LogP contribution in [0.2, 0.25) is 0 Å². The first-order valence-corrected chi connectivity index (χ1v) is 5.22. The maximum Gasteiger partial charge on any atom is 0.321 e. The zero-order chi connectivity index (χ0) is 9.35. The maximum atomic E-state index is 11.1. The van der Waals surface area contributed by atoms with Gasteiger partial charge in [-0.3, -0.25) is 4.79 Å². The Morgan fingerprint density at radius 1 is 1.58 bits per heavy atom. The quantitative estimate of drug-likeness (QED) is 0.633. The summed E-state index contributed by atoms with van der Waals surface area (Å²) >= 11 is 0. The maximum absolute atomic E-state index is 11.1. The number of sulfonamides is 1. The van der Waals surface area contributed by atoms with Crippen molar-refractivity contribution in [2.45, 2.75) is 31.1 Å². The predicted molar refractivity (Wildman–Crippen MR) is 42.2 cm³/mol. The second kappa shape index (κ2) is 3.02. The minimum atomic E-state index is -3.36. The van der Waals surface area contributed by atoms with E-state index >= 15 is 0 Å². The van der Waals surface area contributed by atoms with E-state index in [1.807, 2.05) is 0 Å². The Hall–Kier alpha value is -0.620. The van der Waals surface area contributed by atoms with Gasteiger partial charge in [0.05, 0.1) is 5.25 Å². The highest BCUT2D eigenvalue weighted by atomic mass is 32.2. The lowest BCUT2D eigenvalue weighted by Crippen LogP contribution is -2.40. The van der Waals surface area contributed by atoms with Crippen molar-refractivity contribution in [2.24, 2.45) is 0 Å². The fourth-order valence-corrected chi connectivity index (χ4v) is 2.31. The molecule has 0 aromatic heterocycles. The van der Waals surface area contributed by atoms with Crippen LogP contribution >= 0.6 is 0 Å². The Bertz CT molecular complexity index is 280. The second-order valence-electron chi connectivity index (χ2n) is 2.92. The van der Waals surface area contributed by atoms with Crippen LogP contribution in [0.5, 0.6) is 0 Å². The molecule has 0 heterocycles. The molecule has 1 atom stereocenters. The number of hydrogen-bond acceptors (Lipinski definition) is 3. The van der Waals surface area contributed by atoms with Gasteiger partial charge in [0.25, 0.3) is 0 Å². The number of carboxylic acid groups (broad SMARTS) is 1. The number of hydrogen-bond donors (Lipinski definition) is 2. The summed E-state index contributed by atoms with van der Waals surface area (Å²) in [6.45, 7) is 1.31. The Morgan fingerprint density at radius 2 is 2.08 bits per heavy atom. The van der Waals surface area contributed by atoms with Crippen LogP contribution in [0, 0.1) is 0 Å². The molecule has 1 unspecified atom stereocenters. The highest BCUT2D eigenvalue weighted by Gasteiger charge is 2.37. The van der Waals surface area contributed by atoms with Crippen molar-refractivity contribution in [3.63, 3.8) is 0 Å². The van der Waals surface area contributed by atoms with Crippen LogP contribution in [0.3, 0.4) is 0 Å². The van der Waals surface area contributed by atoms with Gasteiger partial charge in [-0.2, -0.15) is 0 Å². The molecule has 0 aromatic carbocycles. The molecular weight excluding hydrogens is 182 g/mol. The normalized spacial score (nSPS) is 20.4. The van der Waals surface area contributed by atoms with Crippen LogP contribution in [0.15, 0.2) is 0 Å². The summed E-state index contributed by atoms with van der Waals surface area (Å²) in [6, 6.07) is -1.03. The summed E-state index contributed by atoms with van der Waals surface area (Å²) < 4.78 is 24.4. The first-order chi connectivity index (χ1) is 5.43. The second-order valence-corrected chi connectivity index (χ2v) is 4.91. The number of rotatable bonds is 4. The monoisotopic (exact) mass is 193 g/mol. The van der Waals surface area contributed by atoms with Crippen molar-refractivity contribution in [3.05, 3.63) is 0 Å². The smallest absolute Gasteiger partial charge is 0.321 e. The SMILES string of the molecule is CC(NS(=O)(=O)C1CC1)C(=O)O. The molecule has 0 bridgehead atoms. The molecule has 2 N–H and O–H groups in total. The summed E-state index contributed by atoms with van der Waals surface area (Å²) in [7, 11) is -3.36. The average molecular weight is 193 g/mol. The van der Waals surface area contributed by atoms with Gasteiger partial charge >= 0.3 is 5.97 Å². The van der Waals surface area contributed by atoms with Crippen molar-refractivity contribution in [1.29, 1.82) is 0 Å². The van der Waals surface area contributed by atoms with Gasteiger partial charge in [-0.15, -0.1) is 0 Å². The minimum absolute atomic E-state index is 0.362. The van der Waals surface area contributed by atoms with Crippen molar-refractivity contribution in [3.8, 4) is 0 Å². The molecule has 0 spiro atoms. The van der Waals surface area contributed by atoms with Crippen molar-refractivity contribution in [2.75, 3.05) is 0 Å². The van der Waals surface area contributed by atoms with Crippen LogP contribution in [-0.4, -0.2) is 30.8 Å². The molecule has 1 aliphatic carbocycles. The van der Waals surface area contributed by atoms with E-state index in [4.69, 9.17) is 5.11 Å². The molecular formula is C6H11NO4S. The van der Waals surface area contributed by atoms with Crippen molar-refractivity contribution < 1.29 is 18.3 Å². The van der Waals surface area contributed by atoms with E-state index in [1.165, 1.54) is 6.92 Å². The van der Waals surface area contributed by atoms with E-state index in [-0.39, 0.29) is 5.25 Å². The zero-order valence-electron chi connectivity index (χ0n) is 6.65. The molecule has 1 aliphatic rings. The fourth-order valence-electron chi connectivity index (χ4n) is 0.771. The molecule has 0 aliphatic heterocycles. The average Bonchev–Trinajstić information content (AvgIpc) is 2.65. The Balaban J connectivity index is 2.55. The summed E-state index contributed by atoms with van der Waals surface area (Å²) in [6.07, 6.45) is 1.28. The Labute approximate surface area is 70.8 Å². The Kier molecular flexibility index (Phi) is 2.39. The van der Waals surface area contributed by atoms with Gasteiger partial charge in [0.2, 0.25) is 10.0 Å². The Morgan fingerprint density at radius 3 is 2.42 bits per heavy atom. The molecule has 0 radical (unpaired) electrons. The van der Waals surface area contributed by atoms with Crippen molar-refractivity contribution in [1.82, 2.24) is 4.72 Å². The van der Waals surface area contributed by atoms with Crippen LogP contribution in [0.25, 0.3) is 0 Å². The van der Waals surface area contributed by atoms with Gasteiger partial charge in [-0.1, -0.05) is 0 Å². The minimum Gasteiger partial charge on any atom is -0.480 e. The van der Waals surface area contributed by atoms with E-state index < -0.39 is 22.0 Å². The lowest BCUT2D eigenvalue weighted by molar-refractivity contribution is -0.138. The summed E-state index contributed by atoms with van der Waals surface area (Å²) in [5.74, 6) is -1.15. The summed E-state index contributed by atoms with van der Waals surface area (Å²) in [5, 5.41) is 8.06. The largest absolute Gasteiger partial charge is 0.480 e. The lowest BCUT2D eigenvalue weighted by Gasteiger charge is -2.08.